The van der Waals surface area contributed by atoms with Crippen molar-refractivity contribution in [3.05, 3.63) is 64.4 Å². The van der Waals surface area contributed by atoms with Gasteiger partial charge in [0.25, 0.3) is 0 Å². The maximum Gasteiger partial charge on any atom is 0.132 e. The van der Waals surface area contributed by atoms with Crippen molar-refractivity contribution in [3.63, 3.8) is 0 Å². The van der Waals surface area contributed by atoms with Crippen molar-refractivity contribution >= 4 is 11.6 Å². The summed E-state index contributed by atoms with van der Waals surface area (Å²) in [5, 5.41) is 11.0. The summed E-state index contributed by atoms with van der Waals surface area (Å²) < 4.78 is 19.0. The summed E-state index contributed by atoms with van der Waals surface area (Å²) in [7, 11) is 1.46. The Morgan fingerprint density at radius 1 is 1.24 bits per heavy atom. The lowest BCUT2D eigenvalue weighted by Crippen LogP contribution is -2.21. The standard InChI is InChI=1S/C16H17ClFNO2/c1-21-10-6-7-12(15(18)8-10)16(20)13(9-19)11-4-2-3-5-14(11)17/h2-8,13,16,20H,9,19H2,1H3. The molecule has 0 heterocycles. The molecule has 0 saturated carbocycles. The van der Waals surface area contributed by atoms with E-state index in [4.69, 9.17) is 22.1 Å². The zero-order valence-electron chi connectivity index (χ0n) is 11.6. The van der Waals surface area contributed by atoms with Gasteiger partial charge in [0.05, 0.1) is 13.2 Å². The molecule has 0 aliphatic rings. The summed E-state index contributed by atoms with van der Waals surface area (Å²) in [5.74, 6) is -0.626. The summed E-state index contributed by atoms with van der Waals surface area (Å²) in [6.45, 7) is 0.149. The van der Waals surface area contributed by atoms with Gasteiger partial charge in [-0.2, -0.15) is 0 Å². The van der Waals surface area contributed by atoms with Gasteiger partial charge in [0.1, 0.15) is 11.6 Å². The third-order valence-corrected chi connectivity index (χ3v) is 3.81. The minimum absolute atomic E-state index is 0.149. The van der Waals surface area contributed by atoms with E-state index in [1.54, 1.807) is 30.3 Å². The summed E-state index contributed by atoms with van der Waals surface area (Å²) in [6, 6.07) is 11.4. The van der Waals surface area contributed by atoms with Crippen molar-refractivity contribution < 1.29 is 14.2 Å². The quantitative estimate of drug-likeness (QED) is 0.891. The lowest BCUT2D eigenvalue weighted by Gasteiger charge is -2.23. The van der Waals surface area contributed by atoms with E-state index in [-0.39, 0.29) is 12.1 Å². The maximum atomic E-state index is 14.1. The largest absolute Gasteiger partial charge is 0.497 e. The molecule has 0 aromatic heterocycles. The van der Waals surface area contributed by atoms with Crippen molar-refractivity contribution in [2.24, 2.45) is 5.73 Å². The van der Waals surface area contributed by atoms with Crippen LogP contribution in [0.2, 0.25) is 5.02 Å². The first-order chi connectivity index (χ1) is 10.1. The Hall–Kier alpha value is -1.62. The first-order valence-electron chi connectivity index (χ1n) is 6.54. The zero-order chi connectivity index (χ0) is 15.4. The van der Waals surface area contributed by atoms with Crippen molar-refractivity contribution in [1.82, 2.24) is 0 Å². The molecule has 3 nitrogen and oxygen atoms in total. The van der Waals surface area contributed by atoms with Crippen LogP contribution in [-0.4, -0.2) is 18.8 Å². The van der Waals surface area contributed by atoms with Crippen molar-refractivity contribution in [2.75, 3.05) is 13.7 Å². The average molecular weight is 310 g/mol. The van der Waals surface area contributed by atoms with Crippen LogP contribution in [0, 0.1) is 5.82 Å². The molecule has 0 spiro atoms. The molecule has 21 heavy (non-hydrogen) atoms. The molecule has 0 aliphatic carbocycles. The molecular formula is C16H17ClFNO2. The Morgan fingerprint density at radius 3 is 2.52 bits per heavy atom. The van der Waals surface area contributed by atoms with E-state index in [2.05, 4.69) is 0 Å². The van der Waals surface area contributed by atoms with Crippen LogP contribution in [0.15, 0.2) is 42.5 Å². The fourth-order valence-corrected chi connectivity index (χ4v) is 2.57. The number of aliphatic hydroxyl groups is 1. The molecule has 112 valence electrons. The van der Waals surface area contributed by atoms with E-state index in [0.29, 0.717) is 16.3 Å². The number of aliphatic hydroxyl groups excluding tert-OH is 1. The number of hydrogen-bond donors (Lipinski definition) is 2. The second-order valence-electron chi connectivity index (χ2n) is 4.70. The number of hydrogen-bond acceptors (Lipinski definition) is 3. The summed E-state index contributed by atoms with van der Waals surface area (Å²) in [5.41, 5.74) is 6.62. The third kappa shape index (κ3) is 3.35. The number of benzene rings is 2. The normalized spacial score (nSPS) is 13.8. The fraction of sp³-hybridized carbons (Fsp3) is 0.250. The molecule has 0 bridgehead atoms. The van der Waals surface area contributed by atoms with Gasteiger partial charge in [-0.05, 0) is 23.8 Å². The molecule has 2 aromatic rings. The first-order valence-corrected chi connectivity index (χ1v) is 6.92. The van der Waals surface area contributed by atoms with Crippen LogP contribution < -0.4 is 10.5 Å². The van der Waals surface area contributed by atoms with Gasteiger partial charge < -0.3 is 15.6 Å². The highest BCUT2D eigenvalue weighted by atomic mass is 35.5. The fourth-order valence-electron chi connectivity index (χ4n) is 2.29. The van der Waals surface area contributed by atoms with Crippen LogP contribution in [0.1, 0.15) is 23.1 Å². The van der Waals surface area contributed by atoms with Crippen molar-refractivity contribution in [1.29, 1.82) is 0 Å². The van der Waals surface area contributed by atoms with E-state index in [1.165, 1.54) is 19.2 Å². The van der Waals surface area contributed by atoms with Crippen molar-refractivity contribution in [3.8, 4) is 5.75 Å². The van der Waals surface area contributed by atoms with Gasteiger partial charge in [-0.3, -0.25) is 0 Å². The number of halogens is 2. The van der Waals surface area contributed by atoms with E-state index < -0.39 is 17.8 Å². The average Bonchev–Trinajstić information content (AvgIpc) is 2.49. The topological polar surface area (TPSA) is 55.5 Å². The highest BCUT2D eigenvalue weighted by molar-refractivity contribution is 6.31. The Labute approximate surface area is 128 Å². The highest BCUT2D eigenvalue weighted by Crippen LogP contribution is 2.35. The predicted octanol–water partition coefficient (Wildman–Crippen LogP) is 3.26. The molecule has 5 heteroatoms. The lowest BCUT2D eigenvalue weighted by atomic mass is 9.89. The molecule has 0 aliphatic heterocycles. The maximum absolute atomic E-state index is 14.1. The van der Waals surface area contributed by atoms with Crippen LogP contribution in [0.3, 0.4) is 0 Å². The van der Waals surface area contributed by atoms with Crippen LogP contribution in [0.4, 0.5) is 4.39 Å². The molecule has 2 aromatic carbocycles. The third-order valence-electron chi connectivity index (χ3n) is 3.47. The second-order valence-corrected chi connectivity index (χ2v) is 5.10. The highest BCUT2D eigenvalue weighted by Gasteiger charge is 2.25. The molecule has 0 saturated heterocycles. The van der Waals surface area contributed by atoms with E-state index in [1.807, 2.05) is 0 Å². The number of ether oxygens (including phenoxy) is 1. The van der Waals surface area contributed by atoms with Gasteiger partial charge in [-0.15, -0.1) is 0 Å². The van der Waals surface area contributed by atoms with Crippen molar-refractivity contribution in [2.45, 2.75) is 12.0 Å². The van der Waals surface area contributed by atoms with E-state index >= 15 is 0 Å². The van der Waals surface area contributed by atoms with Gasteiger partial charge in [0.2, 0.25) is 0 Å². The first kappa shape index (κ1) is 15.8. The molecule has 3 N–H and O–H groups in total. The van der Waals surface area contributed by atoms with Crippen LogP contribution in [-0.2, 0) is 0 Å². The second kappa shape index (κ2) is 6.89. The number of rotatable bonds is 5. The monoisotopic (exact) mass is 309 g/mol. The SMILES string of the molecule is COc1ccc(C(O)C(CN)c2ccccc2Cl)c(F)c1. The predicted molar refractivity (Wildman–Crippen MR) is 81.2 cm³/mol. The van der Waals surface area contributed by atoms with Crippen LogP contribution in [0.25, 0.3) is 0 Å². The van der Waals surface area contributed by atoms with E-state index in [0.717, 1.165) is 0 Å². The Bertz CT molecular complexity index is 621. The Morgan fingerprint density at radius 2 is 1.95 bits per heavy atom. The zero-order valence-corrected chi connectivity index (χ0v) is 12.3. The Kier molecular flexibility index (Phi) is 5.17. The smallest absolute Gasteiger partial charge is 0.132 e. The summed E-state index contributed by atoms with van der Waals surface area (Å²) in [4.78, 5) is 0. The molecule has 2 unspecified atom stereocenters. The molecule has 0 amide bonds. The molecule has 2 atom stereocenters. The molecule has 0 radical (unpaired) electrons. The Balaban J connectivity index is 2.37. The van der Waals surface area contributed by atoms with E-state index in [9.17, 15) is 9.50 Å². The van der Waals surface area contributed by atoms with Gasteiger partial charge >= 0.3 is 0 Å². The minimum atomic E-state index is -1.08. The van der Waals surface area contributed by atoms with Gasteiger partial charge in [-0.25, -0.2) is 4.39 Å². The van der Waals surface area contributed by atoms with Crippen LogP contribution >= 0.6 is 11.6 Å². The minimum Gasteiger partial charge on any atom is -0.497 e. The molecule has 0 fully saturated rings. The summed E-state index contributed by atoms with van der Waals surface area (Å²) in [6.07, 6.45) is -1.08. The van der Waals surface area contributed by atoms with Gasteiger partial charge in [0, 0.05) is 29.1 Å². The molecular weight excluding hydrogens is 293 g/mol. The number of methoxy groups -OCH3 is 1. The lowest BCUT2D eigenvalue weighted by molar-refractivity contribution is 0.143. The van der Waals surface area contributed by atoms with Gasteiger partial charge in [0.15, 0.2) is 0 Å². The number of nitrogens with two attached hydrogens (primary N) is 1. The summed E-state index contributed by atoms with van der Waals surface area (Å²) >= 11 is 6.14. The van der Waals surface area contributed by atoms with Crippen LogP contribution in [0.5, 0.6) is 5.75 Å². The molecule has 2 rings (SSSR count). The van der Waals surface area contributed by atoms with Gasteiger partial charge in [-0.1, -0.05) is 29.8 Å².